The van der Waals surface area contributed by atoms with E-state index in [0.717, 1.165) is 5.56 Å². The largest absolute Gasteiger partial charge is 0.497 e. The summed E-state index contributed by atoms with van der Waals surface area (Å²) in [6, 6.07) is 7.23. The Morgan fingerprint density at radius 2 is 2.11 bits per heavy atom. The summed E-state index contributed by atoms with van der Waals surface area (Å²) in [6.07, 6.45) is 0. The maximum absolute atomic E-state index is 11.8. The lowest BCUT2D eigenvalue weighted by molar-refractivity contribution is -0.154. The first kappa shape index (κ1) is 13.8. The highest BCUT2D eigenvalue weighted by Gasteiger charge is 2.42. The molecular formula is C14H19NO4. The van der Waals surface area contributed by atoms with Crippen molar-refractivity contribution in [1.29, 1.82) is 0 Å². The fraction of sp³-hybridized carbons (Fsp3) is 0.500. The standard InChI is InChI=1S/C14H19NO4/c1-14(13(16)17,15-6-8-19-9-7-15)11-4-3-5-12(10-11)18-2/h3-5,10H,6-9H2,1-2H3,(H,16,17). The number of rotatable bonds is 4. The number of hydrogen-bond donors (Lipinski definition) is 1. The minimum Gasteiger partial charge on any atom is -0.497 e. The van der Waals surface area contributed by atoms with E-state index < -0.39 is 11.5 Å². The van der Waals surface area contributed by atoms with Crippen LogP contribution < -0.4 is 4.74 Å². The molecule has 1 saturated heterocycles. The van der Waals surface area contributed by atoms with Crippen LogP contribution in [0.15, 0.2) is 24.3 Å². The number of carboxylic acids is 1. The van der Waals surface area contributed by atoms with Crippen molar-refractivity contribution in [3.63, 3.8) is 0 Å². The van der Waals surface area contributed by atoms with Crippen molar-refractivity contribution in [3.8, 4) is 5.75 Å². The van der Waals surface area contributed by atoms with Crippen LogP contribution in [0.4, 0.5) is 0 Å². The highest BCUT2D eigenvalue weighted by atomic mass is 16.5. The van der Waals surface area contributed by atoms with Crippen molar-refractivity contribution in [2.24, 2.45) is 0 Å². The van der Waals surface area contributed by atoms with E-state index in [1.165, 1.54) is 0 Å². The molecule has 0 aromatic heterocycles. The maximum atomic E-state index is 11.8. The SMILES string of the molecule is COc1cccc(C(C)(C(=O)O)N2CCOCC2)c1. The van der Waals surface area contributed by atoms with E-state index in [-0.39, 0.29) is 0 Å². The molecule has 0 spiro atoms. The number of methoxy groups -OCH3 is 1. The molecule has 2 rings (SSSR count). The Bertz CT molecular complexity index is 457. The lowest BCUT2D eigenvalue weighted by atomic mass is 9.89. The van der Waals surface area contributed by atoms with Crippen LogP contribution in [0.25, 0.3) is 0 Å². The van der Waals surface area contributed by atoms with Crippen molar-refractivity contribution >= 4 is 5.97 Å². The average Bonchev–Trinajstić information content (AvgIpc) is 2.47. The van der Waals surface area contributed by atoms with E-state index in [0.29, 0.717) is 32.1 Å². The van der Waals surface area contributed by atoms with E-state index in [4.69, 9.17) is 9.47 Å². The van der Waals surface area contributed by atoms with Gasteiger partial charge >= 0.3 is 5.97 Å². The van der Waals surface area contributed by atoms with Crippen LogP contribution >= 0.6 is 0 Å². The zero-order valence-electron chi connectivity index (χ0n) is 11.3. The number of hydrogen-bond acceptors (Lipinski definition) is 4. The Morgan fingerprint density at radius 1 is 1.42 bits per heavy atom. The molecule has 1 aliphatic heterocycles. The van der Waals surface area contributed by atoms with Crippen molar-refractivity contribution < 1.29 is 19.4 Å². The lowest BCUT2D eigenvalue weighted by Crippen LogP contribution is -2.54. The number of ether oxygens (including phenoxy) is 2. The lowest BCUT2D eigenvalue weighted by Gasteiger charge is -2.40. The van der Waals surface area contributed by atoms with Crippen LogP contribution in [0.5, 0.6) is 5.75 Å². The van der Waals surface area contributed by atoms with E-state index >= 15 is 0 Å². The van der Waals surface area contributed by atoms with Gasteiger partial charge in [0, 0.05) is 13.1 Å². The molecule has 104 valence electrons. The van der Waals surface area contributed by atoms with Gasteiger partial charge in [0.1, 0.15) is 11.3 Å². The van der Waals surface area contributed by atoms with Gasteiger partial charge in [-0.15, -0.1) is 0 Å². The molecule has 1 aromatic carbocycles. The summed E-state index contributed by atoms with van der Waals surface area (Å²) in [5.41, 5.74) is -0.334. The fourth-order valence-corrected chi connectivity index (χ4v) is 2.38. The molecule has 1 aromatic rings. The van der Waals surface area contributed by atoms with Gasteiger partial charge in [-0.1, -0.05) is 12.1 Å². The first-order chi connectivity index (χ1) is 9.09. The highest BCUT2D eigenvalue weighted by molar-refractivity contribution is 5.80. The third kappa shape index (κ3) is 2.57. The summed E-state index contributed by atoms with van der Waals surface area (Å²) < 4.78 is 10.5. The molecular weight excluding hydrogens is 246 g/mol. The number of nitrogens with zero attached hydrogens (tertiary/aromatic N) is 1. The molecule has 5 nitrogen and oxygen atoms in total. The van der Waals surface area contributed by atoms with Crippen molar-refractivity contribution in [2.45, 2.75) is 12.5 Å². The zero-order chi connectivity index (χ0) is 13.9. The Hall–Kier alpha value is -1.59. The molecule has 1 unspecified atom stereocenters. The fourth-order valence-electron chi connectivity index (χ4n) is 2.38. The quantitative estimate of drug-likeness (QED) is 0.890. The van der Waals surface area contributed by atoms with Crippen LogP contribution in [0.1, 0.15) is 12.5 Å². The van der Waals surface area contributed by atoms with E-state index in [1.54, 1.807) is 20.1 Å². The first-order valence-electron chi connectivity index (χ1n) is 6.29. The molecule has 5 heteroatoms. The molecule has 0 amide bonds. The molecule has 1 fully saturated rings. The number of benzene rings is 1. The van der Waals surface area contributed by atoms with Gasteiger partial charge < -0.3 is 14.6 Å². The number of carbonyl (C=O) groups is 1. The molecule has 0 bridgehead atoms. The van der Waals surface area contributed by atoms with Gasteiger partial charge in [-0.25, -0.2) is 4.79 Å². The second-order valence-corrected chi connectivity index (χ2v) is 4.71. The summed E-state index contributed by atoms with van der Waals surface area (Å²) in [4.78, 5) is 13.7. The van der Waals surface area contributed by atoms with Crippen LogP contribution in [-0.4, -0.2) is 49.4 Å². The highest BCUT2D eigenvalue weighted by Crippen LogP contribution is 2.31. The summed E-state index contributed by atoms with van der Waals surface area (Å²) >= 11 is 0. The van der Waals surface area contributed by atoms with Gasteiger partial charge in [0.05, 0.1) is 20.3 Å². The zero-order valence-corrected chi connectivity index (χ0v) is 11.3. The summed E-state index contributed by atoms with van der Waals surface area (Å²) in [7, 11) is 1.58. The molecule has 1 heterocycles. The molecule has 0 aliphatic carbocycles. The van der Waals surface area contributed by atoms with Gasteiger partial charge in [-0.2, -0.15) is 0 Å². The molecule has 19 heavy (non-hydrogen) atoms. The Kier molecular flexibility index (Phi) is 4.07. The van der Waals surface area contributed by atoms with Gasteiger partial charge in [0.25, 0.3) is 0 Å². The molecule has 1 aliphatic rings. The Labute approximate surface area is 112 Å². The van der Waals surface area contributed by atoms with Crippen molar-refractivity contribution in [1.82, 2.24) is 4.90 Å². The smallest absolute Gasteiger partial charge is 0.328 e. The Balaban J connectivity index is 2.39. The molecule has 0 radical (unpaired) electrons. The van der Waals surface area contributed by atoms with Gasteiger partial charge in [0.15, 0.2) is 0 Å². The summed E-state index contributed by atoms with van der Waals surface area (Å²) in [5.74, 6) is -0.194. The van der Waals surface area contributed by atoms with Crippen LogP contribution in [0.3, 0.4) is 0 Å². The second-order valence-electron chi connectivity index (χ2n) is 4.71. The third-order valence-corrected chi connectivity index (χ3v) is 3.69. The molecule has 1 N–H and O–H groups in total. The van der Waals surface area contributed by atoms with Gasteiger partial charge in [0.2, 0.25) is 0 Å². The normalized spacial score (nSPS) is 19.7. The molecule has 1 atom stereocenters. The minimum absolute atomic E-state index is 0.562. The van der Waals surface area contributed by atoms with E-state index in [1.807, 2.05) is 23.1 Å². The van der Waals surface area contributed by atoms with E-state index in [2.05, 4.69) is 0 Å². The predicted molar refractivity (Wildman–Crippen MR) is 70.4 cm³/mol. The average molecular weight is 265 g/mol. The molecule has 0 saturated carbocycles. The maximum Gasteiger partial charge on any atom is 0.328 e. The van der Waals surface area contributed by atoms with Crippen molar-refractivity contribution in [2.75, 3.05) is 33.4 Å². The van der Waals surface area contributed by atoms with Crippen molar-refractivity contribution in [3.05, 3.63) is 29.8 Å². The number of morpholine rings is 1. The summed E-state index contributed by atoms with van der Waals surface area (Å²) in [5, 5.41) is 9.68. The minimum atomic E-state index is -1.06. The van der Waals surface area contributed by atoms with Crippen LogP contribution in [0.2, 0.25) is 0 Å². The number of carboxylic acid groups (broad SMARTS) is 1. The predicted octanol–water partition coefficient (Wildman–Crippen LogP) is 1.33. The first-order valence-corrected chi connectivity index (χ1v) is 6.29. The van der Waals surface area contributed by atoms with Crippen LogP contribution in [-0.2, 0) is 15.1 Å². The van der Waals surface area contributed by atoms with E-state index in [9.17, 15) is 9.90 Å². The third-order valence-electron chi connectivity index (χ3n) is 3.69. The van der Waals surface area contributed by atoms with Gasteiger partial charge in [-0.3, -0.25) is 4.90 Å². The summed E-state index contributed by atoms with van der Waals surface area (Å²) in [6.45, 7) is 4.08. The Morgan fingerprint density at radius 3 is 2.68 bits per heavy atom. The van der Waals surface area contributed by atoms with Crippen LogP contribution in [0, 0.1) is 0 Å². The topological polar surface area (TPSA) is 59.0 Å². The monoisotopic (exact) mass is 265 g/mol. The van der Waals surface area contributed by atoms with Gasteiger partial charge in [-0.05, 0) is 24.6 Å². The second kappa shape index (κ2) is 5.59. The number of aliphatic carboxylic acids is 1.